The van der Waals surface area contributed by atoms with Crippen molar-refractivity contribution in [2.45, 2.75) is 32.4 Å². The number of benzene rings is 1. The topological polar surface area (TPSA) is 39.1 Å². The van der Waals surface area contributed by atoms with E-state index < -0.39 is 0 Å². The first-order chi connectivity index (χ1) is 10.2. The Bertz CT molecular complexity index is 542. The molecular weight excluding hydrogens is 269 g/mol. The van der Waals surface area contributed by atoms with Gasteiger partial charge < -0.3 is 14.6 Å². The average Bonchev–Trinajstić information content (AvgIpc) is 3.00. The van der Waals surface area contributed by atoms with Crippen molar-refractivity contribution in [3.63, 3.8) is 0 Å². The zero-order chi connectivity index (χ0) is 15.1. The van der Waals surface area contributed by atoms with Gasteiger partial charge in [0.1, 0.15) is 0 Å². The molecule has 0 radical (unpaired) electrons. The highest BCUT2D eigenvalue weighted by Crippen LogP contribution is 2.21. The summed E-state index contributed by atoms with van der Waals surface area (Å²) in [4.78, 5) is 4.01. The van der Waals surface area contributed by atoms with Gasteiger partial charge in [0, 0.05) is 25.0 Å². The lowest BCUT2D eigenvalue weighted by atomic mass is 10.1. The summed E-state index contributed by atoms with van der Waals surface area (Å²) in [5.41, 5.74) is 0.933. The zero-order valence-corrected chi connectivity index (χ0v) is 12.6. The molecule has 1 atom stereocenters. The zero-order valence-electron chi connectivity index (χ0n) is 12.6. The van der Waals surface area contributed by atoms with E-state index in [1.165, 1.54) is 13.2 Å². The van der Waals surface area contributed by atoms with Crippen molar-refractivity contribution in [2.75, 3.05) is 13.7 Å². The number of ether oxygens (including phenoxy) is 1. The quantitative estimate of drug-likeness (QED) is 0.759. The van der Waals surface area contributed by atoms with E-state index in [1.807, 2.05) is 25.5 Å². The summed E-state index contributed by atoms with van der Waals surface area (Å²) in [7, 11) is 1.47. The van der Waals surface area contributed by atoms with Crippen molar-refractivity contribution in [3.05, 3.63) is 48.3 Å². The van der Waals surface area contributed by atoms with Crippen LogP contribution in [-0.4, -0.2) is 23.2 Å². The van der Waals surface area contributed by atoms with Crippen LogP contribution in [0.5, 0.6) is 5.75 Å². The van der Waals surface area contributed by atoms with Crippen LogP contribution in [0.4, 0.5) is 4.39 Å². The highest BCUT2D eigenvalue weighted by Gasteiger charge is 2.08. The fourth-order valence-electron chi connectivity index (χ4n) is 2.23. The van der Waals surface area contributed by atoms with Gasteiger partial charge >= 0.3 is 0 Å². The van der Waals surface area contributed by atoms with Crippen LogP contribution in [-0.2, 0) is 6.54 Å². The highest BCUT2D eigenvalue weighted by molar-refractivity contribution is 5.30. The molecule has 0 fully saturated rings. The molecule has 114 valence electrons. The third-order valence-electron chi connectivity index (χ3n) is 3.53. The Balaban J connectivity index is 1.71. The highest BCUT2D eigenvalue weighted by atomic mass is 19.1. The summed E-state index contributed by atoms with van der Waals surface area (Å²) in [5, 5.41) is 3.41. The Hall–Kier alpha value is -1.88. The van der Waals surface area contributed by atoms with Crippen molar-refractivity contribution in [1.82, 2.24) is 14.9 Å². The van der Waals surface area contributed by atoms with E-state index in [9.17, 15) is 4.39 Å². The van der Waals surface area contributed by atoms with Crippen LogP contribution in [0.2, 0.25) is 0 Å². The van der Waals surface area contributed by atoms with Crippen molar-refractivity contribution in [2.24, 2.45) is 0 Å². The second kappa shape index (κ2) is 7.78. The number of hydrogen-bond donors (Lipinski definition) is 1. The number of imidazole rings is 1. The third kappa shape index (κ3) is 4.56. The minimum absolute atomic E-state index is 0.124. The molecule has 1 aromatic heterocycles. The van der Waals surface area contributed by atoms with Crippen LogP contribution in [0.1, 0.15) is 31.4 Å². The molecule has 1 heterocycles. The molecule has 4 nitrogen and oxygen atoms in total. The van der Waals surface area contributed by atoms with Gasteiger partial charge in [-0.05, 0) is 44.0 Å². The molecule has 1 unspecified atom stereocenters. The average molecular weight is 291 g/mol. The van der Waals surface area contributed by atoms with E-state index in [0.717, 1.165) is 31.5 Å². The number of nitrogens with one attached hydrogen (secondary N) is 1. The summed E-state index contributed by atoms with van der Waals surface area (Å²) in [6.07, 6.45) is 7.75. The normalized spacial score (nSPS) is 12.3. The molecule has 0 aliphatic rings. The van der Waals surface area contributed by atoms with Crippen LogP contribution in [0.25, 0.3) is 0 Å². The molecule has 0 bridgehead atoms. The van der Waals surface area contributed by atoms with Crippen molar-refractivity contribution in [3.8, 4) is 5.75 Å². The Labute approximate surface area is 125 Å². The number of rotatable bonds is 8. The lowest BCUT2D eigenvalue weighted by Crippen LogP contribution is -2.20. The van der Waals surface area contributed by atoms with Gasteiger partial charge in [-0.15, -0.1) is 0 Å². The summed E-state index contributed by atoms with van der Waals surface area (Å²) in [5.74, 6) is -0.0324. The molecule has 0 aliphatic heterocycles. The maximum absolute atomic E-state index is 13.6. The predicted molar refractivity (Wildman–Crippen MR) is 80.8 cm³/mol. The lowest BCUT2D eigenvalue weighted by molar-refractivity contribution is 0.385. The molecule has 2 rings (SSSR count). The number of unbranched alkanes of at least 4 members (excludes halogenated alkanes) is 1. The SMILES string of the molecule is COc1ccc(C(C)NCCCCn2ccnc2)cc1F. The second-order valence-corrected chi connectivity index (χ2v) is 5.08. The van der Waals surface area contributed by atoms with Gasteiger partial charge in [-0.3, -0.25) is 0 Å². The lowest BCUT2D eigenvalue weighted by Gasteiger charge is -2.15. The van der Waals surface area contributed by atoms with Crippen LogP contribution >= 0.6 is 0 Å². The van der Waals surface area contributed by atoms with Crippen molar-refractivity contribution < 1.29 is 9.13 Å². The van der Waals surface area contributed by atoms with Crippen LogP contribution in [0.3, 0.4) is 0 Å². The first-order valence-electron chi connectivity index (χ1n) is 7.23. The predicted octanol–water partition coefficient (Wildman–Crippen LogP) is 3.16. The molecule has 1 N–H and O–H groups in total. The van der Waals surface area contributed by atoms with E-state index in [-0.39, 0.29) is 17.6 Å². The van der Waals surface area contributed by atoms with Gasteiger partial charge in [-0.25, -0.2) is 9.37 Å². The largest absolute Gasteiger partial charge is 0.494 e. The summed E-state index contributed by atoms with van der Waals surface area (Å²) in [6.45, 7) is 3.92. The minimum Gasteiger partial charge on any atom is -0.494 e. The summed E-state index contributed by atoms with van der Waals surface area (Å²) >= 11 is 0. The first-order valence-corrected chi connectivity index (χ1v) is 7.23. The first kappa shape index (κ1) is 15.5. The van der Waals surface area contributed by atoms with Gasteiger partial charge in [-0.1, -0.05) is 6.07 Å². The third-order valence-corrected chi connectivity index (χ3v) is 3.53. The Kier molecular flexibility index (Phi) is 5.75. The van der Waals surface area contributed by atoms with E-state index in [1.54, 1.807) is 12.3 Å². The maximum Gasteiger partial charge on any atom is 0.165 e. The maximum atomic E-state index is 13.6. The van der Waals surface area contributed by atoms with Crippen molar-refractivity contribution >= 4 is 0 Å². The number of hydrogen-bond acceptors (Lipinski definition) is 3. The van der Waals surface area contributed by atoms with Gasteiger partial charge in [0.2, 0.25) is 0 Å². The Morgan fingerprint density at radius 1 is 1.38 bits per heavy atom. The summed E-state index contributed by atoms with van der Waals surface area (Å²) in [6, 6.07) is 5.22. The molecule has 21 heavy (non-hydrogen) atoms. The number of nitrogens with zero attached hydrogens (tertiary/aromatic N) is 2. The van der Waals surface area contributed by atoms with Crippen molar-refractivity contribution in [1.29, 1.82) is 0 Å². The number of aromatic nitrogens is 2. The summed E-state index contributed by atoms with van der Waals surface area (Å²) < 4.78 is 20.6. The fraction of sp³-hybridized carbons (Fsp3) is 0.438. The molecule has 0 saturated heterocycles. The molecule has 2 aromatic rings. The number of halogens is 1. The molecule has 0 aliphatic carbocycles. The molecule has 0 amide bonds. The second-order valence-electron chi connectivity index (χ2n) is 5.08. The number of aryl methyl sites for hydroxylation is 1. The van der Waals surface area contributed by atoms with E-state index in [4.69, 9.17) is 4.74 Å². The fourth-order valence-corrected chi connectivity index (χ4v) is 2.23. The van der Waals surface area contributed by atoms with Gasteiger partial charge in [0.15, 0.2) is 11.6 Å². The molecule has 0 saturated carbocycles. The van der Waals surface area contributed by atoms with Crippen LogP contribution < -0.4 is 10.1 Å². The minimum atomic E-state index is -0.316. The standard InChI is InChI=1S/C16H22FN3O/c1-13(14-5-6-16(21-2)15(17)11-14)19-7-3-4-9-20-10-8-18-12-20/h5-6,8,10-13,19H,3-4,7,9H2,1-2H3. The number of methoxy groups -OCH3 is 1. The Morgan fingerprint density at radius 3 is 2.90 bits per heavy atom. The van der Waals surface area contributed by atoms with E-state index >= 15 is 0 Å². The molecule has 0 spiro atoms. The smallest absolute Gasteiger partial charge is 0.165 e. The monoisotopic (exact) mass is 291 g/mol. The molecular formula is C16H22FN3O. The van der Waals surface area contributed by atoms with Crippen LogP contribution in [0, 0.1) is 5.82 Å². The van der Waals surface area contributed by atoms with Gasteiger partial charge in [-0.2, -0.15) is 0 Å². The Morgan fingerprint density at radius 2 is 2.24 bits per heavy atom. The van der Waals surface area contributed by atoms with E-state index in [2.05, 4.69) is 14.9 Å². The van der Waals surface area contributed by atoms with Gasteiger partial charge in [0.25, 0.3) is 0 Å². The van der Waals surface area contributed by atoms with Gasteiger partial charge in [0.05, 0.1) is 13.4 Å². The van der Waals surface area contributed by atoms with E-state index in [0.29, 0.717) is 0 Å². The molecule has 5 heteroatoms. The molecule has 1 aromatic carbocycles. The van der Waals surface area contributed by atoms with Crippen LogP contribution in [0.15, 0.2) is 36.9 Å².